The highest BCUT2D eigenvalue weighted by atomic mass is 32.1. The summed E-state index contributed by atoms with van der Waals surface area (Å²) in [6.45, 7) is 7.91. The van der Waals surface area contributed by atoms with Crippen LogP contribution in [0.3, 0.4) is 0 Å². The van der Waals surface area contributed by atoms with Gasteiger partial charge in [0.25, 0.3) is 5.91 Å². The van der Waals surface area contributed by atoms with E-state index in [9.17, 15) is 4.79 Å². The van der Waals surface area contributed by atoms with Gasteiger partial charge in [0.2, 0.25) is 0 Å². The highest BCUT2D eigenvalue weighted by Gasteiger charge is 2.23. The average Bonchev–Trinajstić information content (AvgIpc) is 3.28. The van der Waals surface area contributed by atoms with Gasteiger partial charge in [0.05, 0.1) is 25.5 Å². The summed E-state index contributed by atoms with van der Waals surface area (Å²) in [6, 6.07) is 15.4. The molecule has 1 aromatic heterocycles. The Balaban J connectivity index is 1.30. The van der Waals surface area contributed by atoms with Crippen LogP contribution >= 0.6 is 11.3 Å². The molecule has 1 saturated heterocycles. The zero-order valence-corrected chi connectivity index (χ0v) is 19.6. The lowest BCUT2D eigenvalue weighted by Crippen LogP contribution is -2.48. The summed E-state index contributed by atoms with van der Waals surface area (Å²) in [4.78, 5) is 22.0. The van der Waals surface area contributed by atoms with E-state index in [1.54, 1.807) is 18.4 Å². The standard InChI is InChI=1S/C25H29N3O3S/c1-18(2)31-21-9-7-19(8-10-21)25(29)28-13-11-27(12-14-28)16-24-26-23(17-32-24)20-5-4-6-22(15-20)30-3/h4-10,15,17-18H,11-14,16H2,1-3H3. The number of ether oxygens (including phenoxy) is 2. The maximum atomic E-state index is 12.9. The van der Waals surface area contributed by atoms with E-state index < -0.39 is 0 Å². The molecule has 1 fully saturated rings. The van der Waals surface area contributed by atoms with Crippen LogP contribution < -0.4 is 9.47 Å². The van der Waals surface area contributed by atoms with E-state index in [2.05, 4.69) is 10.3 Å². The van der Waals surface area contributed by atoms with Gasteiger partial charge in [-0.25, -0.2) is 4.98 Å². The minimum atomic E-state index is 0.0790. The molecule has 4 rings (SSSR count). The van der Waals surface area contributed by atoms with E-state index in [4.69, 9.17) is 14.5 Å². The van der Waals surface area contributed by atoms with Gasteiger partial charge in [-0.1, -0.05) is 12.1 Å². The normalized spacial score (nSPS) is 14.6. The number of carbonyl (C=O) groups excluding carboxylic acids is 1. The van der Waals surface area contributed by atoms with Crippen LogP contribution in [0.1, 0.15) is 29.2 Å². The van der Waals surface area contributed by atoms with Crippen LogP contribution in [0.5, 0.6) is 11.5 Å². The van der Waals surface area contributed by atoms with Gasteiger partial charge in [-0.05, 0) is 50.2 Å². The molecule has 0 saturated carbocycles. The van der Waals surface area contributed by atoms with E-state index in [0.29, 0.717) is 5.56 Å². The van der Waals surface area contributed by atoms with Gasteiger partial charge in [-0.15, -0.1) is 11.3 Å². The molecule has 0 bridgehead atoms. The summed E-state index contributed by atoms with van der Waals surface area (Å²) < 4.78 is 11.0. The quantitative estimate of drug-likeness (QED) is 0.527. The van der Waals surface area contributed by atoms with Crippen molar-refractivity contribution in [3.63, 3.8) is 0 Å². The molecule has 3 aromatic rings. The Hall–Kier alpha value is -2.90. The molecule has 0 aliphatic carbocycles. The molecule has 0 spiro atoms. The number of aromatic nitrogens is 1. The van der Waals surface area contributed by atoms with E-state index >= 15 is 0 Å². The van der Waals surface area contributed by atoms with Crippen LogP contribution in [-0.4, -0.2) is 60.1 Å². The number of hydrogen-bond acceptors (Lipinski definition) is 6. The summed E-state index contributed by atoms with van der Waals surface area (Å²) >= 11 is 1.67. The smallest absolute Gasteiger partial charge is 0.253 e. The van der Waals surface area contributed by atoms with Gasteiger partial charge >= 0.3 is 0 Å². The van der Waals surface area contributed by atoms with E-state index in [-0.39, 0.29) is 12.0 Å². The van der Waals surface area contributed by atoms with Crippen molar-refractivity contribution in [3.05, 3.63) is 64.5 Å². The first kappa shape index (κ1) is 22.3. The molecular formula is C25H29N3O3S. The van der Waals surface area contributed by atoms with E-state index in [1.165, 1.54) is 0 Å². The molecule has 6 nitrogen and oxygen atoms in total. The molecule has 1 aliphatic heterocycles. The van der Waals surface area contributed by atoms with Crippen LogP contribution in [0.2, 0.25) is 0 Å². The van der Waals surface area contributed by atoms with Crippen molar-refractivity contribution in [2.24, 2.45) is 0 Å². The number of rotatable bonds is 7. The third-order valence-corrected chi connectivity index (χ3v) is 6.24. The van der Waals surface area contributed by atoms with E-state index in [0.717, 1.165) is 60.5 Å². The zero-order valence-electron chi connectivity index (χ0n) is 18.8. The van der Waals surface area contributed by atoms with Crippen LogP contribution in [-0.2, 0) is 6.54 Å². The average molecular weight is 452 g/mol. The molecule has 0 radical (unpaired) electrons. The zero-order chi connectivity index (χ0) is 22.5. The lowest BCUT2D eigenvalue weighted by atomic mass is 10.1. The molecule has 2 heterocycles. The lowest BCUT2D eigenvalue weighted by molar-refractivity contribution is 0.0628. The second kappa shape index (κ2) is 10.1. The summed E-state index contributed by atoms with van der Waals surface area (Å²) in [5, 5.41) is 3.18. The van der Waals surface area contributed by atoms with E-state index in [1.807, 2.05) is 67.3 Å². The Labute approximate surface area is 193 Å². The fourth-order valence-corrected chi connectivity index (χ4v) is 4.57. The molecule has 7 heteroatoms. The molecule has 2 aromatic carbocycles. The highest BCUT2D eigenvalue weighted by molar-refractivity contribution is 7.09. The number of nitrogens with zero attached hydrogens (tertiary/aromatic N) is 3. The van der Waals surface area contributed by atoms with Gasteiger partial charge in [-0.3, -0.25) is 9.69 Å². The van der Waals surface area contributed by atoms with Crippen molar-refractivity contribution >= 4 is 17.2 Å². The number of carbonyl (C=O) groups is 1. The van der Waals surface area contributed by atoms with Crippen LogP contribution in [0.4, 0.5) is 0 Å². The van der Waals surface area contributed by atoms with Crippen LogP contribution in [0.15, 0.2) is 53.9 Å². The first-order valence-corrected chi connectivity index (χ1v) is 11.8. The van der Waals surface area contributed by atoms with Gasteiger partial charge in [0.15, 0.2) is 0 Å². The first-order valence-electron chi connectivity index (χ1n) is 10.9. The summed E-state index contributed by atoms with van der Waals surface area (Å²) in [6.07, 6.45) is 0.120. The fraction of sp³-hybridized carbons (Fsp3) is 0.360. The van der Waals surface area contributed by atoms with Crippen molar-refractivity contribution in [1.29, 1.82) is 0 Å². The Morgan fingerprint density at radius 3 is 2.50 bits per heavy atom. The number of benzene rings is 2. The minimum Gasteiger partial charge on any atom is -0.497 e. The molecule has 168 valence electrons. The third kappa shape index (κ3) is 5.47. The second-order valence-electron chi connectivity index (χ2n) is 8.12. The van der Waals surface area contributed by atoms with Crippen LogP contribution in [0, 0.1) is 0 Å². The summed E-state index contributed by atoms with van der Waals surface area (Å²) in [7, 11) is 1.67. The predicted octanol–water partition coefficient (Wildman–Crippen LogP) is 4.56. The van der Waals surface area contributed by atoms with Crippen molar-refractivity contribution in [2.75, 3.05) is 33.3 Å². The molecule has 0 unspecified atom stereocenters. The number of piperazine rings is 1. The lowest BCUT2D eigenvalue weighted by Gasteiger charge is -2.34. The van der Waals surface area contributed by atoms with Crippen molar-refractivity contribution in [3.8, 4) is 22.8 Å². The largest absolute Gasteiger partial charge is 0.497 e. The molecule has 32 heavy (non-hydrogen) atoms. The molecule has 1 amide bonds. The topological polar surface area (TPSA) is 54.9 Å². The molecule has 1 aliphatic rings. The van der Waals surface area contributed by atoms with Gasteiger partial charge in [-0.2, -0.15) is 0 Å². The summed E-state index contributed by atoms with van der Waals surface area (Å²) in [5.74, 6) is 1.70. The van der Waals surface area contributed by atoms with Gasteiger partial charge < -0.3 is 14.4 Å². The van der Waals surface area contributed by atoms with Crippen LogP contribution in [0.25, 0.3) is 11.3 Å². The fourth-order valence-electron chi connectivity index (χ4n) is 3.73. The molecular weight excluding hydrogens is 422 g/mol. The number of hydrogen-bond donors (Lipinski definition) is 0. The maximum absolute atomic E-state index is 12.9. The Bertz CT molecular complexity index is 1040. The number of methoxy groups -OCH3 is 1. The Kier molecular flexibility index (Phi) is 7.07. The van der Waals surface area contributed by atoms with Crippen molar-refractivity contribution < 1.29 is 14.3 Å². The predicted molar refractivity (Wildman–Crippen MR) is 127 cm³/mol. The monoisotopic (exact) mass is 451 g/mol. The van der Waals surface area contributed by atoms with Crippen molar-refractivity contribution in [1.82, 2.24) is 14.8 Å². The molecule has 0 atom stereocenters. The minimum absolute atomic E-state index is 0.0790. The Morgan fingerprint density at radius 1 is 1.06 bits per heavy atom. The maximum Gasteiger partial charge on any atom is 0.253 e. The number of amides is 1. The highest BCUT2D eigenvalue weighted by Crippen LogP contribution is 2.26. The first-order chi connectivity index (χ1) is 15.5. The number of thiazole rings is 1. The second-order valence-corrected chi connectivity index (χ2v) is 9.06. The molecule has 0 N–H and O–H groups in total. The van der Waals surface area contributed by atoms with Gasteiger partial charge in [0.1, 0.15) is 16.5 Å². The van der Waals surface area contributed by atoms with Crippen molar-refractivity contribution in [2.45, 2.75) is 26.5 Å². The third-order valence-electron chi connectivity index (χ3n) is 5.41. The van der Waals surface area contributed by atoms with Gasteiger partial charge in [0, 0.05) is 42.7 Å². The SMILES string of the molecule is COc1cccc(-c2csc(CN3CCN(C(=O)c4ccc(OC(C)C)cc4)CC3)n2)c1. The Morgan fingerprint density at radius 2 is 1.81 bits per heavy atom. The summed E-state index contributed by atoms with van der Waals surface area (Å²) in [5.41, 5.74) is 2.74.